The predicted molar refractivity (Wildman–Crippen MR) is 76.8 cm³/mol. The van der Waals surface area contributed by atoms with Crippen molar-refractivity contribution in [3.8, 4) is 0 Å². The van der Waals surface area contributed by atoms with Gasteiger partial charge in [-0.3, -0.25) is 0 Å². The first kappa shape index (κ1) is 15.2. The van der Waals surface area contributed by atoms with Gasteiger partial charge in [-0.1, -0.05) is 24.3 Å². The molecule has 3 heteroatoms. The number of likely N-dealkylation sites (N-methyl/N-ethyl adjacent to an activating group) is 1. The van der Waals surface area contributed by atoms with Crippen molar-refractivity contribution in [1.82, 2.24) is 10.2 Å². The van der Waals surface area contributed by atoms with Crippen LogP contribution < -0.4 is 5.32 Å². The van der Waals surface area contributed by atoms with Gasteiger partial charge < -0.3 is 15.3 Å². The Morgan fingerprint density at radius 3 is 2.50 bits per heavy atom. The Bertz CT molecular complexity index is 375. The van der Waals surface area contributed by atoms with Crippen molar-refractivity contribution < 1.29 is 5.11 Å². The monoisotopic (exact) mass is 250 g/mol. The zero-order chi connectivity index (χ0) is 13.8. The van der Waals surface area contributed by atoms with Crippen LogP contribution in [0, 0.1) is 6.92 Å². The highest BCUT2D eigenvalue weighted by atomic mass is 16.3. The lowest BCUT2D eigenvalue weighted by atomic mass is 10.0. The molecular formula is C15H26N2O. The first-order valence-corrected chi connectivity index (χ1v) is 6.48. The van der Waals surface area contributed by atoms with Crippen molar-refractivity contribution in [2.45, 2.75) is 32.4 Å². The lowest BCUT2D eigenvalue weighted by Gasteiger charge is -2.29. The topological polar surface area (TPSA) is 35.5 Å². The second-order valence-electron chi connectivity index (χ2n) is 5.69. The van der Waals surface area contributed by atoms with Crippen LogP contribution in [0.5, 0.6) is 0 Å². The lowest BCUT2D eigenvalue weighted by molar-refractivity contribution is 0.0317. The van der Waals surface area contributed by atoms with E-state index in [0.717, 1.165) is 0 Å². The Morgan fingerprint density at radius 1 is 1.33 bits per heavy atom. The molecule has 0 aromatic heterocycles. The van der Waals surface area contributed by atoms with Crippen LogP contribution in [0.3, 0.4) is 0 Å². The molecule has 3 nitrogen and oxygen atoms in total. The Kier molecular flexibility index (Phi) is 5.32. The quantitative estimate of drug-likeness (QED) is 0.810. The molecule has 1 aromatic carbocycles. The number of rotatable bonds is 6. The molecule has 0 fully saturated rings. The summed E-state index contributed by atoms with van der Waals surface area (Å²) >= 11 is 0. The largest absolute Gasteiger partial charge is 0.388 e. The normalized spacial score (nSPS) is 16.6. The van der Waals surface area contributed by atoms with Gasteiger partial charge in [-0.05, 0) is 46.0 Å². The fourth-order valence-corrected chi connectivity index (χ4v) is 2.29. The molecule has 2 unspecified atom stereocenters. The third kappa shape index (κ3) is 4.77. The van der Waals surface area contributed by atoms with Crippen LogP contribution >= 0.6 is 0 Å². The SMILES string of the molecule is Cc1ccccc1C(C)NCC(C)(O)CN(C)C. The summed E-state index contributed by atoms with van der Waals surface area (Å²) in [4.78, 5) is 2.00. The van der Waals surface area contributed by atoms with Gasteiger partial charge in [0.25, 0.3) is 0 Å². The van der Waals surface area contributed by atoms with E-state index in [0.29, 0.717) is 13.1 Å². The van der Waals surface area contributed by atoms with E-state index in [9.17, 15) is 5.11 Å². The van der Waals surface area contributed by atoms with Gasteiger partial charge in [-0.25, -0.2) is 0 Å². The van der Waals surface area contributed by atoms with Gasteiger partial charge >= 0.3 is 0 Å². The summed E-state index contributed by atoms with van der Waals surface area (Å²) in [6.45, 7) is 7.35. The Hall–Kier alpha value is -0.900. The van der Waals surface area contributed by atoms with Crippen molar-refractivity contribution in [3.05, 3.63) is 35.4 Å². The minimum absolute atomic E-state index is 0.250. The molecule has 0 aliphatic carbocycles. The maximum Gasteiger partial charge on any atom is 0.0869 e. The highest BCUT2D eigenvalue weighted by Gasteiger charge is 2.22. The summed E-state index contributed by atoms with van der Waals surface area (Å²) in [5.74, 6) is 0. The average molecular weight is 250 g/mol. The summed E-state index contributed by atoms with van der Waals surface area (Å²) in [5, 5.41) is 13.7. The molecule has 0 aliphatic heterocycles. The minimum Gasteiger partial charge on any atom is -0.388 e. The number of nitrogens with zero attached hydrogens (tertiary/aromatic N) is 1. The van der Waals surface area contributed by atoms with Gasteiger partial charge in [0, 0.05) is 19.1 Å². The van der Waals surface area contributed by atoms with Gasteiger partial charge in [-0.2, -0.15) is 0 Å². The Balaban J connectivity index is 2.56. The van der Waals surface area contributed by atoms with E-state index in [1.165, 1.54) is 11.1 Å². The standard InChI is InChI=1S/C15H26N2O/c1-12-8-6-7-9-14(12)13(2)16-10-15(3,18)11-17(4)5/h6-9,13,16,18H,10-11H2,1-5H3. The number of hydrogen-bond acceptors (Lipinski definition) is 3. The molecule has 2 N–H and O–H groups in total. The van der Waals surface area contributed by atoms with Crippen LogP contribution in [-0.4, -0.2) is 42.8 Å². The predicted octanol–water partition coefficient (Wildman–Crippen LogP) is 1.96. The first-order valence-electron chi connectivity index (χ1n) is 6.48. The van der Waals surface area contributed by atoms with Gasteiger partial charge in [0.05, 0.1) is 5.60 Å². The van der Waals surface area contributed by atoms with E-state index < -0.39 is 5.60 Å². The molecule has 18 heavy (non-hydrogen) atoms. The van der Waals surface area contributed by atoms with Gasteiger partial charge in [0.1, 0.15) is 0 Å². The molecule has 1 rings (SSSR count). The molecule has 0 spiro atoms. The van der Waals surface area contributed by atoms with E-state index in [-0.39, 0.29) is 6.04 Å². The number of hydrogen-bond donors (Lipinski definition) is 2. The summed E-state index contributed by atoms with van der Waals surface area (Å²) in [7, 11) is 3.94. The molecule has 0 radical (unpaired) electrons. The fraction of sp³-hybridized carbons (Fsp3) is 0.600. The molecular weight excluding hydrogens is 224 g/mol. The van der Waals surface area contributed by atoms with Crippen LogP contribution in [0.15, 0.2) is 24.3 Å². The van der Waals surface area contributed by atoms with Crippen LogP contribution in [0.25, 0.3) is 0 Å². The fourth-order valence-electron chi connectivity index (χ4n) is 2.29. The third-order valence-corrected chi connectivity index (χ3v) is 3.10. The highest BCUT2D eigenvalue weighted by Crippen LogP contribution is 2.17. The molecule has 102 valence electrons. The maximum atomic E-state index is 10.2. The molecule has 0 bridgehead atoms. The maximum absolute atomic E-state index is 10.2. The van der Waals surface area contributed by atoms with Crippen molar-refractivity contribution in [2.75, 3.05) is 27.2 Å². The van der Waals surface area contributed by atoms with Crippen LogP contribution in [0.2, 0.25) is 0 Å². The van der Waals surface area contributed by atoms with Crippen LogP contribution in [-0.2, 0) is 0 Å². The van der Waals surface area contributed by atoms with Crippen molar-refractivity contribution in [2.24, 2.45) is 0 Å². The molecule has 0 saturated carbocycles. The number of aryl methyl sites for hydroxylation is 1. The lowest BCUT2D eigenvalue weighted by Crippen LogP contribution is -2.46. The Labute approximate surface area is 111 Å². The van der Waals surface area contributed by atoms with Gasteiger partial charge in [0.2, 0.25) is 0 Å². The third-order valence-electron chi connectivity index (χ3n) is 3.10. The number of nitrogens with one attached hydrogen (secondary N) is 1. The Morgan fingerprint density at radius 2 is 1.94 bits per heavy atom. The number of aliphatic hydroxyl groups is 1. The first-order chi connectivity index (χ1) is 8.32. The minimum atomic E-state index is -0.708. The van der Waals surface area contributed by atoms with E-state index >= 15 is 0 Å². The smallest absolute Gasteiger partial charge is 0.0869 e. The summed E-state index contributed by atoms with van der Waals surface area (Å²) < 4.78 is 0. The molecule has 0 heterocycles. The van der Waals surface area contributed by atoms with Gasteiger partial charge in [0.15, 0.2) is 0 Å². The van der Waals surface area contributed by atoms with Crippen LogP contribution in [0.4, 0.5) is 0 Å². The second-order valence-corrected chi connectivity index (χ2v) is 5.69. The van der Waals surface area contributed by atoms with E-state index in [1.807, 2.05) is 32.0 Å². The molecule has 0 amide bonds. The van der Waals surface area contributed by atoms with Crippen LogP contribution in [0.1, 0.15) is 31.0 Å². The summed E-state index contributed by atoms with van der Waals surface area (Å²) in [6.07, 6.45) is 0. The van der Waals surface area contributed by atoms with Crippen molar-refractivity contribution in [3.63, 3.8) is 0 Å². The summed E-state index contributed by atoms with van der Waals surface area (Å²) in [5.41, 5.74) is 1.86. The molecule has 2 atom stereocenters. The average Bonchev–Trinajstić information content (AvgIpc) is 2.25. The zero-order valence-electron chi connectivity index (χ0n) is 12.2. The number of benzene rings is 1. The van der Waals surface area contributed by atoms with Crippen molar-refractivity contribution >= 4 is 0 Å². The molecule has 0 aliphatic rings. The highest BCUT2D eigenvalue weighted by molar-refractivity contribution is 5.28. The van der Waals surface area contributed by atoms with E-state index in [1.54, 1.807) is 0 Å². The molecule has 0 saturated heterocycles. The second kappa shape index (κ2) is 6.32. The van der Waals surface area contributed by atoms with E-state index in [2.05, 4.69) is 37.4 Å². The molecule has 1 aromatic rings. The van der Waals surface area contributed by atoms with E-state index in [4.69, 9.17) is 0 Å². The van der Waals surface area contributed by atoms with Gasteiger partial charge in [-0.15, -0.1) is 0 Å². The zero-order valence-corrected chi connectivity index (χ0v) is 12.2. The summed E-state index contributed by atoms with van der Waals surface area (Å²) in [6, 6.07) is 8.60. The van der Waals surface area contributed by atoms with Crippen molar-refractivity contribution in [1.29, 1.82) is 0 Å².